The van der Waals surface area contributed by atoms with Crippen molar-refractivity contribution in [1.82, 2.24) is 9.88 Å². The molecule has 0 saturated carbocycles. The van der Waals surface area contributed by atoms with Crippen molar-refractivity contribution in [3.63, 3.8) is 0 Å². The van der Waals surface area contributed by atoms with Crippen LogP contribution < -0.4 is 0 Å². The van der Waals surface area contributed by atoms with Crippen LogP contribution in [0.4, 0.5) is 0 Å². The van der Waals surface area contributed by atoms with Gasteiger partial charge in [0.15, 0.2) is 9.84 Å². The predicted molar refractivity (Wildman–Crippen MR) is 101 cm³/mol. The molecule has 1 fully saturated rings. The number of hydrogen-bond acceptors (Lipinski definition) is 3. The van der Waals surface area contributed by atoms with Gasteiger partial charge in [-0.05, 0) is 42.8 Å². The molecule has 1 aromatic heterocycles. The molecule has 0 spiro atoms. The van der Waals surface area contributed by atoms with Gasteiger partial charge in [0, 0.05) is 29.0 Å². The van der Waals surface area contributed by atoms with Gasteiger partial charge in [-0.25, -0.2) is 8.42 Å². The minimum absolute atomic E-state index is 0.171. The van der Waals surface area contributed by atoms with E-state index in [1.54, 1.807) is 23.1 Å². The van der Waals surface area contributed by atoms with Crippen molar-refractivity contribution in [3.05, 3.63) is 65.3 Å². The molecule has 0 radical (unpaired) electrons. The summed E-state index contributed by atoms with van der Waals surface area (Å²) in [5.74, 6) is -0.171. The number of halogens is 1. The van der Waals surface area contributed by atoms with Crippen LogP contribution in [0.3, 0.4) is 0 Å². The third-order valence-electron chi connectivity index (χ3n) is 4.77. The van der Waals surface area contributed by atoms with Crippen molar-refractivity contribution < 1.29 is 13.2 Å². The zero-order valence-electron chi connectivity index (χ0n) is 13.9. The molecule has 7 heteroatoms. The predicted octanol–water partition coefficient (Wildman–Crippen LogP) is 3.51. The maximum Gasteiger partial charge on any atom is 0.270 e. The molecular formula is C19H17ClN2O3S. The van der Waals surface area contributed by atoms with Crippen LogP contribution >= 0.6 is 11.6 Å². The van der Waals surface area contributed by atoms with E-state index < -0.39 is 15.1 Å². The minimum atomic E-state index is -3.49. The van der Waals surface area contributed by atoms with Gasteiger partial charge in [0.05, 0.1) is 10.1 Å². The van der Waals surface area contributed by atoms with E-state index >= 15 is 0 Å². The van der Waals surface area contributed by atoms with Gasteiger partial charge in [0.25, 0.3) is 5.91 Å². The number of aromatic amines is 1. The van der Waals surface area contributed by atoms with E-state index in [2.05, 4.69) is 4.98 Å². The fraction of sp³-hybridized carbons (Fsp3) is 0.211. The number of amides is 1. The standard InChI is InChI=1S/C19H17ClN2O3S/c20-14-5-7-15(8-6-14)26(24,25)16-9-10-22(12-16)19(23)18-11-13-3-1-2-4-17(13)21-18/h1-8,11,16,21H,9-10,12H2/t16-/m1/s1. The molecule has 4 rings (SSSR count). The quantitative estimate of drug-likeness (QED) is 0.746. The normalized spacial score (nSPS) is 17.7. The average molecular weight is 389 g/mol. The number of para-hydroxylation sites is 1. The number of carbonyl (C=O) groups is 1. The largest absolute Gasteiger partial charge is 0.351 e. The highest BCUT2D eigenvalue weighted by Crippen LogP contribution is 2.26. The van der Waals surface area contributed by atoms with Crippen molar-refractivity contribution in [2.45, 2.75) is 16.6 Å². The Kier molecular flexibility index (Phi) is 4.25. The third kappa shape index (κ3) is 2.99. The molecule has 0 aliphatic carbocycles. The number of carbonyl (C=O) groups excluding carboxylic acids is 1. The summed E-state index contributed by atoms with van der Waals surface area (Å²) in [4.78, 5) is 17.7. The number of nitrogens with zero attached hydrogens (tertiary/aromatic N) is 1. The molecule has 0 bridgehead atoms. The highest BCUT2D eigenvalue weighted by molar-refractivity contribution is 7.92. The molecule has 2 heterocycles. The fourth-order valence-corrected chi connectivity index (χ4v) is 5.16. The Bertz CT molecular complexity index is 1040. The lowest BCUT2D eigenvalue weighted by Crippen LogP contribution is -2.32. The summed E-state index contributed by atoms with van der Waals surface area (Å²) in [6.45, 7) is 0.616. The number of hydrogen-bond donors (Lipinski definition) is 1. The van der Waals surface area contributed by atoms with E-state index in [0.29, 0.717) is 23.7 Å². The Morgan fingerprint density at radius 3 is 2.58 bits per heavy atom. The van der Waals surface area contributed by atoms with Gasteiger partial charge in [-0.2, -0.15) is 0 Å². The van der Waals surface area contributed by atoms with Crippen molar-refractivity contribution in [3.8, 4) is 0 Å². The van der Waals surface area contributed by atoms with Crippen LogP contribution in [0.5, 0.6) is 0 Å². The van der Waals surface area contributed by atoms with E-state index in [4.69, 9.17) is 11.6 Å². The fourth-order valence-electron chi connectivity index (χ4n) is 3.34. The summed E-state index contributed by atoms with van der Waals surface area (Å²) in [6.07, 6.45) is 0.428. The second kappa shape index (κ2) is 6.45. The van der Waals surface area contributed by atoms with E-state index in [9.17, 15) is 13.2 Å². The summed E-state index contributed by atoms with van der Waals surface area (Å²) in [5, 5.41) is 0.850. The van der Waals surface area contributed by atoms with Crippen LogP contribution in [0, 0.1) is 0 Å². The van der Waals surface area contributed by atoms with Crippen molar-refractivity contribution in [2.75, 3.05) is 13.1 Å². The smallest absolute Gasteiger partial charge is 0.270 e. The van der Waals surface area contributed by atoms with Crippen LogP contribution in [0.2, 0.25) is 5.02 Å². The van der Waals surface area contributed by atoms with Crippen LogP contribution in [-0.2, 0) is 9.84 Å². The number of fused-ring (bicyclic) bond motifs is 1. The van der Waals surface area contributed by atoms with Gasteiger partial charge in [-0.15, -0.1) is 0 Å². The van der Waals surface area contributed by atoms with Gasteiger partial charge in [0.1, 0.15) is 5.69 Å². The maximum absolute atomic E-state index is 12.8. The Balaban J connectivity index is 1.54. The van der Waals surface area contributed by atoms with Crippen molar-refractivity contribution >= 4 is 38.2 Å². The molecule has 1 saturated heterocycles. The molecule has 1 N–H and O–H groups in total. The van der Waals surface area contributed by atoms with Gasteiger partial charge in [0.2, 0.25) is 0 Å². The number of likely N-dealkylation sites (tertiary alicyclic amines) is 1. The topological polar surface area (TPSA) is 70.2 Å². The first kappa shape index (κ1) is 17.1. The Labute approximate surface area is 156 Å². The first-order chi connectivity index (χ1) is 12.4. The van der Waals surface area contributed by atoms with Crippen molar-refractivity contribution in [2.24, 2.45) is 0 Å². The second-order valence-corrected chi connectivity index (χ2v) is 9.10. The molecule has 1 atom stereocenters. The minimum Gasteiger partial charge on any atom is -0.351 e. The number of nitrogens with one attached hydrogen (secondary N) is 1. The molecule has 134 valence electrons. The molecule has 2 aromatic carbocycles. The summed E-state index contributed by atoms with van der Waals surface area (Å²) < 4.78 is 25.6. The summed E-state index contributed by atoms with van der Waals surface area (Å²) >= 11 is 5.84. The molecule has 5 nitrogen and oxygen atoms in total. The van der Waals surface area contributed by atoms with E-state index in [-0.39, 0.29) is 17.3 Å². The monoisotopic (exact) mass is 388 g/mol. The van der Waals surface area contributed by atoms with Gasteiger partial charge >= 0.3 is 0 Å². The third-order valence-corrected chi connectivity index (χ3v) is 7.22. The number of sulfone groups is 1. The summed E-state index contributed by atoms with van der Waals surface area (Å²) in [7, 11) is -3.49. The first-order valence-electron chi connectivity index (χ1n) is 8.31. The van der Waals surface area contributed by atoms with Crippen LogP contribution in [0.1, 0.15) is 16.9 Å². The van der Waals surface area contributed by atoms with Gasteiger partial charge in [-0.3, -0.25) is 4.79 Å². The Morgan fingerprint density at radius 1 is 1.12 bits per heavy atom. The van der Waals surface area contributed by atoms with E-state index in [0.717, 1.165) is 10.9 Å². The lowest BCUT2D eigenvalue weighted by atomic mass is 10.2. The highest BCUT2D eigenvalue weighted by Gasteiger charge is 2.36. The van der Waals surface area contributed by atoms with Crippen molar-refractivity contribution in [1.29, 1.82) is 0 Å². The molecule has 26 heavy (non-hydrogen) atoms. The molecular weight excluding hydrogens is 372 g/mol. The second-order valence-electron chi connectivity index (χ2n) is 6.43. The average Bonchev–Trinajstić information content (AvgIpc) is 3.29. The Morgan fingerprint density at radius 2 is 1.85 bits per heavy atom. The lowest BCUT2D eigenvalue weighted by Gasteiger charge is -2.16. The molecule has 1 amide bonds. The van der Waals surface area contributed by atoms with E-state index in [1.807, 2.05) is 24.3 Å². The van der Waals surface area contributed by atoms with Gasteiger partial charge < -0.3 is 9.88 Å². The number of benzene rings is 2. The number of rotatable bonds is 3. The summed E-state index contributed by atoms with van der Waals surface area (Å²) in [5.41, 5.74) is 1.37. The maximum atomic E-state index is 12.8. The van der Waals surface area contributed by atoms with Crippen LogP contribution in [-0.4, -0.2) is 42.5 Å². The summed E-state index contributed by atoms with van der Waals surface area (Å²) in [6, 6.07) is 15.6. The van der Waals surface area contributed by atoms with E-state index in [1.165, 1.54) is 12.1 Å². The van der Waals surface area contributed by atoms with Gasteiger partial charge in [-0.1, -0.05) is 29.8 Å². The molecule has 0 unspecified atom stereocenters. The Hall–Kier alpha value is -2.31. The first-order valence-corrected chi connectivity index (χ1v) is 10.2. The highest BCUT2D eigenvalue weighted by atomic mass is 35.5. The zero-order chi connectivity index (χ0) is 18.3. The number of aromatic nitrogens is 1. The zero-order valence-corrected chi connectivity index (χ0v) is 15.4. The van der Waals surface area contributed by atoms with Crippen LogP contribution in [0.15, 0.2) is 59.5 Å². The molecule has 3 aromatic rings. The van der Waals surface area contributed by atoms with Crippen LogP contribution in [0.25, 0.3) is 10.9 Å². The number of H-pyrrole nitrogens is 1. The SMILES string of the molecule is O=C(c1cc2ccccc2[nH]1)N1CC[C@@H](S(=O)(=O)c2ccc(Cl)cc2)C1. The molecule has 1 aliphatic rings. The molecule has 1 aliphatic heterocycles. The lowest BCUT2D eigenvalue weighted by molar-refractivity contribution is 0.0788.